The third kappa shape index (κ3) is 4.26. The summed E-state index contributed by atoms with van der Waals surface area (Å²) in [5.74, 6) is 0.599. The second-order valence-corrected chi connectivity index (χ2v) is 10.0. The smallest absolute Gasteiger partial charge is 0.256 e. The van der Waals surface area contributed by atoms with Gasteiger partial charge in [-0.2, -0.15) is 0 Å². The summed E-state index contributed by atoms with van der Waals surface area (Å²) < 4.78 is 10.9. The number of nitrogens with one attached hydrogen (secondary N) is 2. The topological polar surface area (TPSA) is 117 Å². The van der Waals surface area contributed by atoms with Gasteiger partial charge in [0, 0.05) is 38.5 Å². The molecule has 0 aliphatic carbocycles. The fourth-order valence-corrected chi connectivity index (χ4v) is 5.65. The van der Waals surface area contributed by atoms with Crippen LogP contribution in [-0.2, 0) is 14.4 Å². The summed E-state index contributed by atoms with van der Waals surface area (Å²) in [4.78, 5) is 54.4. The van der Waals surface area contributed by atoms with Crippen LogP contribution < -0.4 is 20.1 Å². The maximum Gasteiger partial charge on any atom is 0.256 e. The molecule has 2 aromatic carbocycles. The van der Waals surface area contributed by atoms with Gasteiger partial charge in [0.05, 0.1) is 11.3 Å². The number of carbonyl (C=O) groups is 4. The van der Waals surface area contributed by atoms with E-state index in [4.69, 9.17) is 9.47 Å². The highest BCUT2D eigenvalue weighted by atomic mass is 16.7. The summed E-state index contributed by atoms with van der Waals surface area (Å²) in [5.41, 5.74) is 2.58. The number of fused-ring (bicyclic) bond motifs is 3. The van der Waals surface area contributed by atoms with Gasteiger partial charge >= 0.3 is 0 Å². The molecule has 4 heterocycles. The maximum atomic E-state index is 13.6. The van der Waals surface area contributed by atoms with Gasteiger partial charge in [0.25, 0.3) is 5.91 Å². The van der Waals surface area contributed by atoms with Crippen LogP contribution >= 0.6 is 0 Å². The largest absolute Gasteiger partial charge is 0.454 e. The molecule has 4 aliphatic heterocycles. The molecule has 2 aromatic rings. The molecule has 2 unspecified atom stereocenters. The van der Waals surface area contributed by atoms with Crippen LogP contribution in [0.4, 0.5) is 5.69 Å². The molecule has 10 heteroatoms. The number of piperidine rings is 1. The summed E-state index contributed by atoms with van der Waals surface area (Å²) >= 11 is 0. The molecule has 4 aliphatic rings. The lowest BCUT2D eigenvalue weighted by Crippen LogP contribution is -2.45. The van der Waals surface area contributed by atoms with Gasteiger partial charge in [-0.1, -0.05) is 12.1 Å². The van der Waals surface area contributed by atoms with E-state index in [2.05, 4.69) is 10.6 Å². The minimum atomic E-state index is -0.654. The molecule has 6 rings (SSSR count). The zero-order chi connectivity index (χ0) is 25.7. The van der Waals surface area contributed by atoms with E-state index >= 15 is 0 Å². The molecule has 0 aromatic heterocycles. The Morgan fingerprint density at radius 3 is 2.51 bits per heavy atom. The highest BCUT2D eigenvalue weighted by Gasteiger charge is 2.43. The molecule has 10 nitrogen and oxygen atoms in total. The highest BCUT2D eigenvalue weighted by molar-refractivity contribution is 6.11. The van der Waals surface area contributed by atoms with Crippen molar-refractivity contribution >= 4 is 29.3 Å². The zero-order valence-corrected chi connectivity index (χ0v) is 20.5. The molecule has 4 amide bonds. The average molecular weight is 505 g/mol. The predicted molar refractivity (Wildman–Crippen MR) is 133 cm³/mol. The molecule has 0 bridgehead atoms. The maximum absolute atomic E-state index is 13.6. The van der Waals surface area contributed by atoms with E-state index in [1.54, 1.807) is 21.9 Å². The van der Waals surface area contributed by atoms with E-state index in [0.29, 0.717) is 55.1 Å². The number of carbonyl (C=O) groups excluding carboxylic acids is 4. The van der Waals surface area contributed by atoms with Crippen molar-refractivity contribution in [1.82, 2.24) is 15.1 Å². The third-order valence-electron chi connectivity index (χ3n) is 7.74. The van der Waals surface area contributed by atoms with Gasteiger partial charge in [-0.3, -0.25) is 19.2 Å². The van der Waals surface area contributed by atoms with Crippen LogP contribution in [-0.4, -0.2) is 71.9 Å². The molecule has 2 atom stereocenters. The standard InChI is InChI=1S/C27H28N4O6/c1-15(32)30-8-6-16(7-9-30)25(33)28-19-12-22-26(34)29-21-4-2-17(10-20(21)27(35)31(22)13-19)18-3-5-23-24(11-18)37-14-36-23/h2-5,10-11,16,19,22H,6-9,12-14H2,1H3,(H,28,33)(H,29,34). The monoisotopic (exact) mass is 504 g/mol. The zero-order valence-electron chi connectivity index (χ0n) is 20.5. The first-order valence-electron chi connectivity index (χ1n) is 12.6. The molecule has 2 N–H and O–H groups in total. The summed E-state index contributed by atoms with van der Waals surface area (Å²) in [5, 5.41) is 5.95. The van der Waals surface area contributed by atoms with Gasteiger partial charge in [0.2, 0.25) is 24.5 Å². The number of nitrogens with zero attached hydrogens (tertiary/aromatic N) is 2. The van der Waals surface area contributed by atoms with E-state index in [-0.39, 0.29) is 48.9 Å². The fraction of sp³-hybridized carbons (Fsp3) is 0.407. The van der Waals surface area contributed by atoms with Crippen LogP contribution in [0.1, 0.15) is 36.5 Å². The van der Waals surface area contributed by atoms with E-state index in [0.717, 1.165) is 11.1 Å². The Balaban J connectivity index is 1.18. The Kier molecular flexibility index (Phi) is 5.73. The second kappa shape index (κ2) is 9.10. The second-order valence-electron chi connectivity index (χ2n) is 10.0. The average Bonchev–Trinajstić information content (AvgIpc) is 3.53. The van der Waals surface area contributed by atoms with Gasteiger partial charge in [-0.25, -0.2) is 0 Å². The molecule has 0 spiro atoms. The van der Waals surface area contributed by atoms with Crippen molar-refractivity contribution in [2.24, 2.45) is 5.92 Å². The summed E-state index contributed by atoms with van der Waals surface area (Å²) in [6.07, 6.45) is 1.58. The molecule has 37 heavy (non-hydrogen) atoms. The summed E-state index contributed by atoms with van der Waals surface area (Å²) in [6, 6.07) is 10.0. The van der Waals surface area contributed by atoms with Gasteiger partial charge in [0.15, 0.2) is 11.5 Å². The number of amides is 4. The minimum Gasteiger partial charge on any atom is -0.454 e. The number of hydrogen-bond acceptors (Lipinski definition) is 6. The minimum absolute atomic E-state index is 0.0223. The number of ether oxygens (including phenoxy) is 2. The van der Waals surface area contributed by atoms with Gasteiger partial charge in [-0.15, -0.1) is 0 Å². The summed E-state index contributed by atoms with van der Waals surface area (Å²) in [6.45, 7) is 3.12. The first kappa shape index (κ1) is 23.3. The quantitative estimate of drug-likeness (QED) is 0.660. The van der Waals surface area contributed by atoms with Crippen LogP contribution in [0.5, 0.6) is 11.5 Å². The van der Waals surface area contributed by atoms with E-state index in [9.17, 15) is 19.2 Å². The fourth-order valence-electron chi connectivity index (χ4n) is 5.65. The van der Waals surface area contributed by atoms with Crippen LogP contribution in [0.25, 0.3) is 11.1 Å². The van der Waals surface area contributed by atoms with Crippen molar-refractivity contribution < 1.29 is 28.7 Å². The molecule has 192 valence electrons. The molecular formula is C27H28N4O6. The Hall–Kier alpha value is -4.08. The number of rotatable bonds is 3. The third-order valence-corrected chi connectivity index (χ3v) is 7.74. The lowest BCUT2D eigenvalue weighted by molar-refractivity contribution is -0.134. The van der Waals surface area contributed by atoms with E-state index in [1.165, 1.54) is 6.92 Å². The van der Waals surface area contributed by atoms with E-state index in [1.807, 2.05) is 24.3 Å². The van der Waals surface area contributed by atoms with Crippen molar-refractivity contribution in [2.75, 3.05) is 31.7 Å². The Morgan fingerprint density at radius 1 is 1.00 bits per heavy atom. The molecular weight excluding hydrogens is 476 g/mol. The lowest BCUT2D eigenvalue weighted by Gasteiger charge is -2.31. The van der Waals surface area contributed by atoms with Crippen molar-refractivity contribution in [2.45, 2.75) is 38.3 Å². The van der Waals surface area contributed by atoms with Gasteiger partial charge in [-0.05, 0) is 54.7 Å². The van der Waals surface area contributed by atoms with Crippen molar-refractivity contribution in [3.05, 3.63) is 42.0 Å². The van der Waals surface area contributed by atoms with Gasteiger partial charge < -0.3 is 29.9 Å². The molecule has 0 radical (unpaired) electrons. The molecule has 2 fully saturated rings. The number of hydrogen-bond donors (Lipinski definition) is 2. The first-order chi connectivity index (χ1) is 17.9. The number of benzene rings is 2. The van der Waals surface area contributed by atoms with Crippen LogP contribution in [0, 0.1) is 5.92 Å². The Labute approximate surface area is 213 Å². The number of likely N-dealkylation sites (tertiary alicyclic amines) is 1. The van der Waals surface area contributed by atoms with Crippen LogP contribution in [0.2, 0.25) is 0 Å². The number of anilines is 1. The molecule has 0 saturated carbocycles. The first-order valence-corrected chi connectivity index (χ1v) is 12.6. The van der Waals surface area contributed by atoms with Gasteiger partial charge in [0.1, 0.15) is 6.04 Å². The van der Waals surface area contributed by atoms with E-state index < -0.39 is 6.04 Å². The Bertz CT molecular complexity index is 1300. The Morgan fingerprint density at radius 2 is 1.73 bits per heavy atom. The van der Waals surface area contributed by atoms with Crippen LogP contribution in [0.15, 0.2) is 36.4 Å². The molecule has 2 saturated heterocycles. The predicted octanol–water partition coefficient (Wildman–Crippen LogP) is 1.99. The van der Waals surface area contributed by atoms with Crippen molar-refractivity contribution in [3.63, 3.8) is 0 Å². The van der Waals surface area contributed by atoms with Crippen LogP contribution in [0.3, 0.4) is 0 Å². The van der Waals surface area contributed by atoms with Crippen molar-refractivity contribution in [3.8, 4) is 22.6 Å². The SMILES string of the molecule is CC(=O)N1CCC(C(=O)NC2CC3C(=O)Nc4ccc(-c5ccc6c(c5)OCO6)cc4C(=O)N3C2)CC1. The normalized spacial score (nSPS) is 22.7. The highest BCUT2D eigenvalue weighted by Crippen LogP contribution is 2.38. The lowest BCUT2D eigenvalue weighted by atomic mass is 9.95. The summed E-state index contributed by atoms with van der Waals surface area (Å²) in [7, 11) is 0. The van der Waals surface area contributed by atoms with Crippen molar-refractivity contribution in [1.29, 1.82) is 0 Å².